The fourth-order valence-electron chi connectivity index (χ4n) is 2.03. The largest absolute Gasteiger partial charge is 0.384 e. The zero-order valence-corrected chi connectivity index (χ0v) is 11.1. The molecule has 2 aromatic rings. The lowest BCUT2D eigenvalue weighted by molar-refractivity contribution is 0.146. The Morgan fingerprint density at radius 1 is 1.09 bits per heavy atom. The number of alkyl halides is 2. The van der Waals surface area contributed by atoms with Gasteiger partial charge in [0.15, 0.2) is 0 Å². The molecule has 0 aliphatic rings. The van der Waals surface area contributed by atoms with Crippen LogP contribution in [0.3, 0.4) is 0 Å². The minimum Gasteiger partial charge on any atom is -0.384 e. The van der Waals surface area contributed by atoms with Gasteiger partial charge in [-0.25, -0.2) is 17.6 Å². The van der Waals surface area contributed by atoms with Crippen molar-refractivity contribution < 1.29 is 17.6 Å². The van der Waals surface area contributed by atoms with Crippen LogP contribution in [0.4, 0.5) is 23.4 Å². The molecule has 1 aromatic carbocycles. The van der Waals surface area contributed by atoms with Crippen LogP contribution in [0, 0.1) is 34.3 Å². The first-order valence-electron chi connectivity index (χ1n) is 5.95. The molecule has 0 saturated carbocycles. The predicted octanol–water partition coefficient (Wildman–Crippen LogP) is 2.58. The third-order valence-corrected chi connectivity index (χ3v) is 3.06. The van der Waals surface area contributed by atoms with Gasteiger partial charge in [0.1, 0.15) is 40.7 Å². The smallest absolute Gasteiger partial charge is 0.268 e. The van der Waals surface area contributed by atoms with Gasteiger partial charge >= 0.3 is 0 Å². The normalized spacial score (nSPS) is 10.4. The number of anilines is 1. The number of aromatic amines is 1. The number of rotatable bonds is 2. The molecule has 23 heavy (non-hydrogen) atoms. The van der Waals surface area contributed by atoms with Crippen LogP contribution >= 0.6 is 0 Å². The van der Waals surface area contributed by atoms with E-state index in [-0.39, 0.29) is 6.07 Å². The molecule has 0 bridgehead atoms. The van der Waals surface area contributed by atoms with Gasteiger partial charge in [0.05, 0.1) is 5.56 Å². The Balaban J connectivity index is 2.94. The summed E-state index contributed by atoms with van der Waals surface area (Å²) < 4.78 is 53.0. The first-order valence-corrected chi connectivity index (χ1v) is 5.95. The van der Waals surface area contributed by atoms with Crippen LogP contribution in [0.2, 0.25) is 0 Å². The van der Waals surface area contributed by atoms with Gasteiger partial charge in [-0.1, -0.05) is 0 Å². The lowest BCUT2D eigenvalue weighted by Gasteiger charge is -2.11. The third kappa shape index (κ3) is 2.60. The average Bonchev–Trinajstić information content (AvgIpc) is 2.48. The van der Waals surface area contributed by atoms with Crippen molar-refractivity contribution in [2.45, 2.75) is 6.43 Å². The van der Waals surface area contributed by atoms with Crippen molar-refractivity contribution in [3.8, 4) is 23.3 Å². The Morgan fingerprint density at radius 3 is 2.22 bits per heavy atom. The number of hydrogen-bond acceptors (Lipinski definition) is 4. The highest BCUT2D eigenvalue weighted by Gasteiger charge is 2.24. The Bertz CT molecular complexity index is 938. The number of aromatic nitrogens is 1. The van der Waals surface area contributed by atoms with Crippen LogP contribution in [0.5, 0.6) is 0 Å². The van der Waals surface area contributed by atoms with Gasteiger partial charge in [0.25, 0.3) is 12.0 Å². The summed E-state index contributed by atoms with van der Waals surface area (Å²) in [6.45, 7) is 0. The van der Waals surface area contributed by atoms with Crippen molar-refractivity contribution in [1.29, 1.82) is 10.5 Å². The molecular weight excluding hydrogens is 316 g/mol. The maximum absolute atomic E-state index is 14.1. The fourth-order valence-corrected chi connectivity index (χ4v) is 2.03. The molecule has 3 N–H and O–H groups in total. The van der Waals surface area contributed by atoms with Crippen LogP contribution in [0.25, 0.3) is 11.1 Å². The summed E-state index contributed by atoms with van der Waals surface area (Å²) in [4.78, 5) is 13.7. The Kier molecular flexibility index (Phi) is 4.06. The van der Waals surface area contributed by atoms with Gasteiger partial charge in [-0.15, -0.1) is 0 Å². The summed E-state index contributed by atoms with van der Waals surface area (Å²) >= 11 is 0. The average molecular weight is 322 g/mol. The van der Waals surface area contributed by atoms with Crippen LogP contribution in [-0.4, -0.2) is 4.98 Å². The number of nitrogens with zero attached hydrogens (tertiary/aromatic N) is 2. The molecule has 0 fully saturated rings. The number of nitrogen functional groups attached to an aromatic ring is 1. The lowest BCUT2D eigenvalue weighted by Crippen LogP contribution is -2.16. The first-order chi connectivity index (χ1) is 10.8. The molecule has 0 aliphatic heterocycles. The second-order valence-corrected chi connectivity index (χ2v) is 4.37. The molecule has 1 heterocycles. The van der Waals surface area contributed by atoms with Gasteiger partial charge < -0.3 is 10.7 Å². The topological polar surface area (TPSA) is 106 Å². The second-order valence-electron chi connectivity index (χ2n) is 4.37. The number of halogens is 4. The summed E-state index contributed by atoms with van der Waals surface area (Å²) in [6.07, 6.45) is -3.26. The maximum Gasteiger partial charge on any atom is 0.268 e. The van der Waals surface area contributed by atoms with E-state index >= 15 is 0 Å². The highest BCUT2D eigenvalue weighted by molar-refractivity contribution is 5.80. The number of pyridine rings is 1. The van der Waals surface area contributed by atoms with Gasteiger partial charge in [-0.3, -0.25) is 4.79 Å². The summed E-state index contributed by atoms with van der Waals surface area (Å²) in [6, 6.07) is 3.67. The Morgan fingerprint density at radius 2 is 1.70 bits per heavy atom. The molecule has 2 rings (SSSR count). The third-order valence-electron chi connectivity index (χ3n) is 3.06. The van der Waals surface area contributed by atoms with Crippen molar-refractivity contribution in [2.24, 2.45) is 0 Å². The summed E-state index contributed by atoms with van der Waals surface area (Å²) in [5.74, 6) is -3.22. The highest BCUT2D eigenvalue weighted by atomic mass is 19.3. The van der Waals surface area contributed by atoms with E-state index < -0.39 is 57.3 Å². The van der Waals surface area contributed by atoms with E-state index in [1.807, 2.05) is 4.98 Å². The Labute approximate surface area is 126 Å². The molecule has 9 heteroatoms. The maximum atomic E-state index is 14.1. The number of nitrogens with two attached hydrogens (primary N) is 1. The van der Waals surface area contributed by atoms with Crippen molar-refractivity contribution in [1.82, 2.24) is 4.98 Å². The molecule has 5 nitrogen and oxygen atoms in total. The van der Waals surface area contributed by atoms with E-state index in [1.54, 1.807) is 6.07 Å². The molecule has 0 saturated heterocycles. The van der Waals surface area contributed by atoms with Crippen molar-refractivity contribution in [2.75, 3.05) is 5.73 Å². The molecule has 0 unspecified atom stereocenters. The molecule has 0 amide bonds. The highest BCUT2D eigenvalue weighted by Crippen LogP contribution is 2.33. The summed E-state index contributed by atoms with van der Waals surface area (Å²) in [7, 11) is 0. The SMILES string of the molecule is N#Cc1c(N)[nH]c(=O)c(C#N)c1-c1cc(F)c(C(F)F)cc1F. The molecule has 0 spiro atoms. The van der Waals surface area contributed by atoms with Crippen molar-refractivity contribution >= 4 is 5.82 Å². The summed E-state index contributed by atoms with van der Waals surface area (Å²) in [5, 5.41) is 18.1. The van der Waals surface area contributed by atoms with Gasteiger partial charge in [0.2, 0.25) is 0 Å². The second kappa shape index (κ2) is 5.81. The standard InChI is InChI=1S/C14H6F4N4O/c15-9-2-6(12(17)18)10(16)1-5(9)11-7(3-19)13(21)22-14(23)8(11)4-20/h1-2,12H,(H3,21,22,23). The zero-order chi connectivity index (χ0) is 17.3. The molecule has 0 aliphatic carbocycles. The predicted molar refractivity (Wildman–Crippen MR) is 71.2 cm³/mol. The molecule has 0 radical (unpaired) electrons. The van der Waals surface area contributed by atoms with Crippen molar-refractivity contribution in [3.63, 3.8) is 0 Å². The number of hydrogen-bond donors (Lipinski definition) is 2. The van der Waals surface area contributed by atoms with E-state index in [4.69, 9.17) is 16.3 Å². The van der Waals surface area contributed by atoms with Gasteiger partial charge in [-0.2, -0.15) is 10.5 Å². The van der Waals surface area contributed by atoms with Crippen LogP contribution < -0.4 is 11.3 Å². The van der Waals surface area contributed by atoms with E-state index in [2.05, 4.69) is 0 Å². The number of nitrogens with one attached hydrogen (secondary N) is 1. The number of H-pyrrole nitrogens is 1. The minimum absolute atomic E-state index is 0.245. The van der Waals surface area contributed by atoms with Crippen LogP contribution in [-0.2, 0) is 0 Å². The van der Waals surface area contributed by atoms with E-state index in [0.29, 0.717) is 6.07 Å². The van der Waals surface area contributed by atoms with Gasteiger partial charge in [-0.05, 0) is 12.1 Å². The summed E-state index contributed by atoms with van der Waals surface area (Å²) in [5.41, 5.74) is 0.860. The first kappa shape index (κ1) is 16.0. The van der Waals surface area contributed by atoms with Crippen LogP contribution in [0.15, 0.2) is 16.9 Å². The molecule has 0 atom stereocenters. The van der Waals surface area contributed by atoms with E-state index in [9.17, 15) is 22.4 Å². The molecular formula is C14H6F4N4O. The monoisotopic (exact) mass is 322 g/mol. The Hall–Kier alpha value is -3.33. The van der Waals surface area contributed by atoms with Crippen molar-refractivity contribution in [3.05, 3.63) is 50.8 Å². The number of benzene rings is 1. The zero-order valence-electron chi connectivity index (χ0n) is 11.1. The quantitative estimate of drug-likeness (QED) is 0.829. The molecule has 1 aromatic heterocycles. The van der Waals surface area contributed by atoms with E-state index in [0.717, 1.165) is 0 Å². The lowest BCUT2D eigenvalue weighted by atomic mass is 9.95. The van der Waals surface area contributed by atoms with E-state index in [1.165, 1.54) is 6.07 Å². The van der Waals surface area contributed by atoms with Gasteiger partial charge in [0, 0.05) is 11.1 Å². The fraction of sp³-hybridized carbons (Fsp3) is 0.0714. The van der Waals surface area contributed by atoms with Crippen LogP contribution in [0.1, 0.15) is 23.1 Å². The number of nitriles is 2. The minimum atomic E-state index is -3.26. The molecule has 116 valence electrons.